The molecule has 0 saturated heterocycles. The van der Waals surface area contributed by atoms with Crippen LogP contribution in [-0.4, -0.2) is 36.7 Å². The molecule has 0 bridgehead atoms. The summed E-state index contributed by atoms with van der Waals surface area (Å²) in [6.07, 6.45) is 0. The van der Waals surface area contributed by atoms with Gasteiger partial charge in [0.25, 0.3) is 0 Å². The van der Waals surface area contributed by atoms with Crippen molar-refractivity contribution in [1.82, 2.24) is 19.4 Å². The van der Waals surface area contributed by atoms with Crippen molar-refractivity contribution < 1.29 is 9.53 Å². The van der Waals surface area contributed by atoms with Crippen LogP contribution in [0.1, 0.15) is 27.7 Å². The van der Waals surface area contributed by atoms with Crippen LogP contribution in [0.25, 0.3) is 5.65 Å². The lowest BCUT2D eigenvalue weighted by Crippen LogP contribution is -2.29. The van der Waals surface area contributed by atoms with Gasteiger partial charge in [0.15, 0.2) is 5.65 Å². The second-order valence-electron chi connectivity index (χ2n) is 7.10. The van der Waals surface area contributed by atoms with E-state index in [2.05, 4.69) is 36.3 Å². The molecule has 0 atom stereocenters. The molecule has 3 rings (SSSR count). The molecular formula is C19H23N5O3S. The number of aromatic nitrogens is 4. The van der Waals surface area contributed by atoms with Crippen molar-refractivity contribution in [2.45, 2.75) is 44.0 Å². The molecule has 2 aromatic heterocycles. The smallest absolute Gasteiger partial charge is 0.367 e. The summed E-state index contributed by atoms with van der Waals surface area (Å²) in [5.41, 5.74) is 0.567. The van der Waals surface area contributed by atoms with Crippen LogP contribution in [0.2, 0.25) is 0 Å². The third-order valence-electron chi connectivity index (χ3n) is 3.57. The largest absolute Gasteiger partial charge is 0.494 e. The molecule has 9 heteroatoms. The first-order valence-electron chi connectivity index (χ1n) is 8.94. The minimum atomic E-state index is -0.451. The van der Waals surface area contributed by atoms with E-state index in [9.17, 15) is 9.59 Å². The molecule has 0 aliphatic carbocycles. The molecule has 0 radical (unpaired) electrons. The zero-order valence-corrected chi connectivity index (χ0v) is 17.1. The van der Waals surface area contributed by atoms with E-state index in [-0.39, 0.29) is 17.2 Å². The number of benzene rings is 1. The van der Waals surface area contributed by atoms with Gasteiger partial charge in [0.1, 0.15) is 17.3 Å². The molecule has 0 aliphatic heterocycles. The Morgan fingerprint density at radius 2 is 1.86 bits per heavy atom. The fraction of sp³-hybridized carbons (Fsp3) is 0.368. The predicted molar refractivity (Wildman–Crippen MR) is 109 cm³/mol. The number of ether oxygens (including phenoxy) is 1. The Bertz CT molecular complexity index is 1030. The molecule has 1 amide bonds. The van der Waals surface area contributed by atoms with Gasteiger partial charge in [-0.05, 0) is 43.3 Å². The Labute approximate surface area is 166 Å². The molecule has 28 heavy (non-hydrogen) atoms. The average Bonchev–Trinajstić information content (AvgIpc) is 2.91. The van der Waals surface area contributed by atoms with Crippen LogP contribution in [0.4, 0.5) is 5.69 Å². The van der Waals surface area contributed by atoms with Gasteiger partial charge >= 0.3 is 5.69 Å². The highest BCUT2D eigenvalue weighted by atomic mass is 32.2. The molecule has 1 N–H and O–H groups in total. The summed E-state index contributed by atoms with van der Waals surface area (Å²) in [6, 6.07) is 10.6. The van der Waals surface area contributed by atoms with E-state index in [1.54, 1.807) is 42.1 Å². The Morgan fingerprint density at radius 3 is 2.50 bits per heavy atom. The van der Waals surface area contributed by atoms with Crippen LogP contribution in [0.3, 0.4) is 0 Å². The maximum Gasteiger partial charge on any atom is 0.367 e. The van der Waals surface area contributed by atoms with E-state index < -0.39 is 5.69 Å². The van der Waals surface area contributed by atoms with Crippen LogP contribution < -0.4 is 15.7 Å². The number of carbonyl (C=O) groups excluding carboxylic acids is 1. The van der Waals surface area contributed by atoms with Crippen LogP contribution in [0.5, 0.6) is 5.75 Å². The lowest BCUT2D eigenvalue weighted by molar-refractivity contribution is -0.117. The zero-order valence-electron chi connectivity index (χ0n) is 16.3. The first-order valence-corrected chi connectivity index (χ1v) is 9.75. The van der Waals surface area contributed by atoms with Gasteiger partial charge in [-0.25, -0.2) is 9.48 Å². The monoisotopic (exact) mass is 401 g/mol. The van der Waals surface area contributed by atoms with Gasteiger partial charge in [-0.15, -0.1) is 5.10 Å². The molecule has 0 aliphatic rings. The van der Waals surface area contributed by atoms with Crippen molar-refractivity contribution in [3.8, 4) is 5.75 Å². The molecule has 0 saturated carbocycles. The van der Waals surface area contributed by atoms with E-state index in [1.165, 1.54) is 4.52 Å². The Balaban J connectivity index is 1.73. The van der Waals surface area contributed by atoms with Crippen LogP contribution in [0.15, 0.2) is 46.2 Å². The molecular weight excluding hydrogens is 378 g/mol. The van der Waals surface area contributed by atoms with Crippen molar-refractivity contribution in [3.63, 3.8) is 0 Å². The van der Waals surface area contributed by atoms with E-state index in [1.807, 2.05) is 13.0 Å². The number of hydrogen-bond acceptors (Lipinski definition) is 6. The number of carbonyl (C=O) groups is 1. The van der Waals surface area contributed by atoms with Gasteiger partial charge in [-0.3, -0.25) is 4.79 Å². The van der Waals surface area contributed by atoms with E-state index in [0.717, 1.165) is 15.5 Å². The lowest BCUT2D eigenvalue weighted by Gasteiger charge is -2.16. The second kappa shape index (κ2) is 8.05. The van der Waals surface area contributed by atoms with Crippen molar-refractivity contribution in [2.75, 3.05) is 11.9 Å². The van der Waals surface area contributed by atoms with Gasteiger partial charge in [0.2, 0.25) is 5.91 Å². The van der Waals surface area contributed by atoms with Gasteiger partial charge in [0.05, 0.1) is 6.61 Å². The molecule has 148 valence electrons. The molecule has 1 aromatic carbocycles. The topological polar surface area (TPSA) is 90.5 Å². The van der Waals surface area contributed by atoms with Crippen molar-refractivity contribution >= 4 is 29.0 Å². The Morgan fingerprint density at radius 1 is 1.14 bits per heavy atom. The summed E-state index contributed by atoms with van der Waals surface area (Å²) in [6.45, 7) is 8.49. The molecule has 0 fully saturated rings. The highest BCUT2D eigenvalue weighted by molar-refractivity contribution is 8.00. The summed E-state index contributed by atoms with van der Waals surface area (Å²) >= 11 is 1.56. The zero-order chi connectivity index (χ0) is 20.3. The third kappa shape index (κ3) is 4.92. The predicted octanol–water partition coefficient (Wildman–Crippen LogP) is 2.82. The number of thioether (sulfide) groups is 1. The van der Waals surface area contributed by atoms with Gasteiger partial charge in [-0.2, -0.15) is 9.61 Å². The van der Waals surface area contributed by atoms with Crippen molar-refractivity contribution in [2.24, 2.45) is 0 Å². The standard InChI is InChI=1S/C19H23N5O3S/c1-5-27-14-8-6-13(7-9-14)20-16(25)12-23-18(26)24-15(21-23)10-11-17(22-24)28-19(2,3)4/h6-11H,5,12H2,1-4H3,(H,20,25). The first-order chi connectivity index (χ1) is 13.2. The highest BCUT2D eigenvalue weighted by Crippen LogP contribution is 2.29. The Hall–Kier alpha value is -2.81. The minimum absolute atomic E-state index is 0.0299. The number of anilines is 1. The van der Waals surface area contributed by atoms with Crippen LogP contribution in [0, 0.1) is 0 Å². The number of fused-ring (bicyclic) bond motifs is 1. The number of nitrogens with one attached hydrogen (secondary N) is 1. The SMILES string of the molecule is CCOc1ccc(NC(=O)Cn2nc3ccc(SC(C)(C)C)nn3c2=O)cc1. The Kier molecular flexibility index (Phi) is 5.73. The summed E-state index contributed by atoms with van der Waals surface area (Å²) in [4.78, 5) is 24.8. The second-order valence-corrected chi connectivity index (χ2v) is 8.95. The first kappa shape index (κ1) is 19.9. The molecule has 0 unspecified atom stereocenters. The van der Waals surface area contributed by atoms with Gasteiger partial charge < -0.3 is 10.1 Å². The van der Waals surface area contributed by atoms with Crippen LogP contribution in [-0.2, 0) is 11.3 Å². The van der Waals surface area contributed by atoms with E-state index in [0.29, 0.717) is 17.9 Å². The molecule has 3 aromatic rings. The summed E-state index contributed by atoms with van der Waals surface area (Å²) < 4.78 is 7.67. The number of hydrogen-bond donors (Lipinski definition) is 1. The summed E-state index contributed by atoms with van der Waals surface area (Å²) in [5.74, 6) is 0.381. The number of amides is 1. The van der Waals surface area contributed by atoms with Crippen molar-refractivity contribution in [1.29, 1.82) is 0 Å². The molecule has 8 nitrogen and oxygen atoms in total. The molecule has 2 heterocycles. The average molecular weight is 401 g/mol. The number of rotatable bonds is 6. The third-order valence-corrected chi connectivity index (χ3v) is 4.61. The van der Waals surface area contributed by atoms with E-state index in [4.69, 9.17) is 4.74 Å². The maximum absolute atomic E-state index is 12.5. The molecule has 0 spiro atoms. The highest BCUT2D eigenvalue weighted by Gasteiger charge is 2.16. The lowest BCUT2D eigenvalue weighted by atomic mass is 10.3. The fourth-order valence-corrected chi connectivity index (χ4v) is 3.39. The number of nitrogens with zero attached hydrogens (tertiary/aromatic N) is 4. The van der Waals surface area contributed by atoms with Crippen LogP contribution >= 0.6 is 11.8 Å². The summed E-state index contributed by atoms with van der Waals surface area (Å²) in [7, 11) is 0. The minimum Gasteiger partial charge on any atom is -0.494 e. The van der Waals surface area contributed by atoms with Gasteiger partial charge in [0, 0.05) is 10.4 Å². The fourth-order valence-electron chi connectivity index (χ4n) is 2.50. The quantitative estimate of drug-likeness (QED) is 0.639. The normalized spacial score (nSPS) is 11.6. The maximum atomic E-state index is 12.5. The van der Waals surface area contributed by atoms with E-state index >= 15 is 0 Å². The van der Waals surface area contributed by atoms with Crippen molar-refractivity contribution in [3.05, 3.63) is 46.9 Å². The van der Waals surface area contributed by atoms with Gasteiger partial charge in [-0.1, -0.05) is 32.5 Å². The summed E-state index contributed by atoms with van der Waals surface area (Å²) in [5, 5.41) is 12.0.